The monoisotopic (exact) mass is 421 g/mol. The van der Waals surface area contributed by atoms with E-state index in [2.05, 4.69) is 0 Å². The molecule has 1 saturated heterocycles. The lowest BCUT2D eigenvalue weighted by Crippen LogP contribution is -2.48. The van der Waals surface area contributed by atoms with Crippen LogP contribution in [0.2, 0.25) is 0 Å². The zero-order valence-electron chi connectivity index (χ0n) is 17.9. The van der Waals surface area contributed by atoms with E-state index in [9.17, 15) is 9.59 Å². The fraction of sp³-hybridized carbons (Fsp3) is 0.375. The molecule has 31 heavy (non-hydrogen) atoms. The zero-order chi connectivity index (χ0) is 21.8. The van der Waals surface area contributed by atoms with Crippen molar-refractivity contribution in [2.75, 3.05) is 27.3 Å². The maximum atomic E-state index is 12.7. The van der Waals surface area contributed by atoms with Crippen molar-refractivity contribution in [3.05, 3.63) is 59.7 Å². The van der Waals surface area contributed by atoms with Crippen LogP contribution in [-0.2, 0) is 4.79 Å². The van der Waals surface area contributed by atoms with Crippen molar-refractivity contribution in [1.82, 2.24) is 9.91 Å². The van der Waals surface area contributed by atoms with E-state index in [1.54, 1.807) is 19.2 Å². The minimum Gasteiger partial charge on any atom is -0.493 e. The molecule has 0 atom stereocenters. The molecule has 0 bridgehead atoms. The first-order valence-electron chi connectivity index (χ1n) is 10.6. The summed E-state index contributed by atoms with van der Waals surface area (Å²) in [5.74, 6) is 1.38. The number of benzene rings is 2. The number of carbonyl (C=O) groups is 2. The van der Waals surface area contributed by atoms with Gasteiger partial charge in [0.05, 0.1) is 26.0 Å². The summed E-state index contributed by atoms with van der Waals surface area (Å²) in [4.78, 5) is 27.2. The van der Waals surface area contributed by atoms with Crippen molar-refractivity contribution >= 4 is 17.5 Å². The summed E-state index contributed by atoms with van der Waals surface area (Å²) in [7, 11) is 3.20. The minimum absolute atomic E-state index is 0.00256. The van der Waals surface area contributed by atoms with E-state index in [1.165, 1.54) is 0 Å². The highest BCUT2D eigenvalue weighted by molar-refractivity contribution is 6.04. The number of piperidine rings is 1. The number of amides is 2. The summed E-state index contributed by atoms with van der Waals surface area (Å²) in [5, 5.41) is 6.36. The lowest BCUT2D eigenvalue weighted by Gasteiger charge is -2.37. The number of hydrazone groups is 1. The van der Waals surface area contributed by atoms with Gasteiger partial charge in [0.25, 0.3) is 5.91 Å². The molecule has 0 aromatic heterocycles. The minimum atomic E-state index is 0.00256. The van der Waals surface area contributed by atoms with Gasteiger partial charge in [-0.2, -0.15) is 5.10 Å². The summed E-state index contributed by atoms with van der Waals surface area (Å²) in [6.45, 7) is 1.23. The van der Waals surface area contributed by atoms with E-state index in [-0.39, 0.29) is 17.9 Å². The summed E-state index contributed by atoms with van der Waals surface area (Å²) in [6.07, 6.45) is 2.45. The van der Waals surface area contributed by atoms with Gasteiger partial charge >= 0.3 is 0 Å². The standard InChI is InChI=1S/C24H27N3O4/c1-30-21-10-8-18(16-22(21)31-2)20-9-11-23(28)27(25-20)19-12-14-26(15-13-19)24(29)17-6-4-3-5-7-17/h3-8,10,16,19H,9,11-15H2,1-2H3. The van der Waals surface area contributed by atoms with Crippen molar-refractivity contribution in [3.63, 3.8) is 0 Å². The quantitative estimate of drug-likeness (QED) is 0.742. The van der Waals surface area contributed by atoms with E-state index in [4.69, 9.17) is 14.6 Å². The van der Waals surface area contributed by atoms with Gasteiger partial charge in [0.15, 0.2) is 11.5 Å². The molecule has 1 fully saturated rings. The van der Waals surface area contributed by atoms with Crippen LogP contribution in [0.5, 0.6) is 11.5 Å². The third kappa shape index (κ3) is 4.40. The highest BCUT2D eigenvalue weighted by Crippen LogP contribution is 2.30. The van der Waals surface area contributed by atoms with Crippen molar-refractivity contribution in [2.45, 2.75) is 31.7 Å². The smallest absolute Gasteiger partial charge is 0.253 e. The Kier molecular flexibility index (Phi) is 6.21. The predicted octanol–water partition coefficient (Wildman–Crippen LogP) is 3.34. The van der Waals surface area contributed by atoms with Crippen molar-refractivity contribution in [1.29, 1.82) is 0 Å². The van der Waals surface area contributed by atoms with Crippen LogP contribution < -0.4 is 9.47 Å². The molecule has 7 heteroatoms. The van der Waals surface area contributed by atoms with Crippen LogP contribution in [0.3, 0.4) is 0 Å². The number of carbonyl (C=O) groups excluding carboxylic acids is 2. The van der Waals surface area contributed by atoms with E-state index in [0.29, 0.717) is 55.8 Å². The SMILES string of the molecule is COc1ccc(C2=NN(C3CCN(C(=O)c4ccccc4)CC3)C(=O)CC2)cc1OC. The molecule has 7 nitrogen and oxygen atoms in total. The van der Waals surface area contributed by atoms with Crippen molar-refractivity contribution in [2.24, 2.45) is 5.10 Å². The van der Waals surface area contributed by atoms with E-state index >= 15 is 0 Å². The second-order valence-corrected chi connectivity index (χ2v) is 7.74. The third-order valence-corrected chi connectivity index (χ3v) is 5.89. The van der Waals surface area contributed by atoms with Gasteiger partial charge in [0.2, 0.25) is 5.91 Å². The first-order valence-corrected chi connectivity index (χ1v) is 10.6. The van der Waals surface area contributed by atoms with Crippen LogP contribution in [0, 0.1) is 0 Å². The molecule has 2 aromatic rings. The summed E-state index contributed by atoms with van der Waals surface area (Å²) < 4.78 is 10.7. The van der Waals surface area contributed by atoms with Gasteiger partial charge in [-0.1, -0.05) is 18.2 Å². The van der Waals surface area contributed by atoms with Crippen LogP contribution in [0.4, 0.5) is 0 Å². The number of likely N-dealkylation sites (tertiary alicyclic amines) is 1. The molecule has 2 heterocycles. The molecule has 0 radical (unpaired) electrons. The fourth-order valence-electron chi connectivity index (χ4n) is 4.16. The predicted molar refractivity (Wildman–Crippen MR) is 118 cm³/mol. The molecular weight excluding hydrogens is 394 g/mol. The van der Waals surface area contributed by atoms with Crippen molar-refractivity contribution in [3.8, 4) is 11.5 Å². The van der Waals surface area contributed by atoms with E-state index < -0.39 is 0 Å². The van der Waals surface area contributed by atoms with Gasteiger partial charge in [0, 0.05) is 37.1 Å². The maximum absolute atomic E-state index is 12.7. The molecule has 2 amide bonds. The molecule has 0 unspecified atom stereocenters. The van der Waals surface area contributed by atoms with Crippen LogP contribution in [0.1, 0.15) is 41.6 Å². The average Bonchev–Trinajstić information content (AvgIpc) is 2.84. The van der Waals surface area contributed by atoms with E-state index in [0.717, 1.165) is 11.3 Å². The normalized spacial score (nSPS) is 17.4. The Balaban J connectivity index is 1.47. The number of methoxy groups -OCH3 is 2. The van der Waals surface area contributed by atoms with Gasteiger partial charge in [-0.3, -0.25) is 9.59 Å². The highest BCUT2D eigenvalue weighted by atomic mass is 16.5. The summed E-state index contributed by atoms with van der Waals surface area (Å²) in [5.41, 5.74) is 2.49. The van der Waals surface area contributed by atoms with Gasteiger partial charge in [-0.05, 0) is 43.2 Å². The lowest BCUT2D eigenvalue weighted by molar-refractivity contribution is -0.135. The Morgan fingerprint density at radius 3 is 2.35 bits per heavy atom. The van der Waals surface area contributed by atoms with Crippen molar-refractivity contribution < 1.29 is 19.1 Å². The Morgan fingerprint density at radius 2 is 1.68 bits per heavy atom. The summed E-state index contributed by atoms with van der Waals surface area (Å²) in [6, 6.07) is 15.0. The number of hydrogen-bond donors (Lipinski definition) is 0. The van der Waals surface area contributed by atoms with Gasteiger partial charge < -0.3 is 14.4 Å². The Hall–Kier alpha value is -3.35. The van der Waals surface area contributed by atoms with E-state index in [1.807, 2.05) is 53.4 Å². The largest absolute Gasteiger partial charge is 0.493 e. The lowest BCUT2D eigenvalue weighted by atomic mass is 10.00. The third-order valence-electron chi connectivity index (χ3n) is 5.89. The molecule has 0 aliphatic carbocycles. The average molecular weight is 421 g/mol. The van der Waals surface area contributed by atoms with Gasteiger partial charge in [-0.25, -0.2) is 5.01 Å². The summed E-state index contributed by atoms with van der Waals surface area (Å²) >= 11 is 0. The topological polar surface area (TPSA) is 71.4 Å². The Labute approximate surface area is 182 Å². The Bertz CT molecular complexity index is 982. The molecular formula is C24H27N3O4. The molecule has 2 aliphatic rings. The molecule has 0 spiro atoms. The van der Waals surface area contributed by atoms with Crippen LogP contribution in [0.25, 0.3) is 0 Å². The molecule has 4 rings (SSSR count). The highest BCUT2D eigenvalue weighted by Gasteiger charge is 2.32. The molecule has 0 N–H and O–H groups in total. The van der Waals surface area contributed by atoms with Gasteiger partial charge in [0.1, 0.15) is 0 Å². The van der Waals surface area contributed by atoms with Gasteiger partial charge in [-0.15, -0.1) is 0 Å². The van der Waals surface area contributed by atoms with Crippen LogP contribution >= 0.6 is 0 Å². The molecule has 0 saturated carbocycles. The number of rotatable bonds is 5. The first kappa shape index (κ1) is 20.9. The fourth-order valence-corrected chi connectivity index (χ4v) is 4.16. The zero-order valence-corrected chi connectivity index (χ0v) is 17.9. The molecule has 2 aliphatic heterocycles. The number of nitrogens with zero attached hydrogens (tertiary/aromatic N) is 3. The number of hydrogen-bond acceptors (Lipinski definition) is 5. The second-order valence-electron chi connectivity index (χ2n) is 7.74. The first-order chi connectivity index (χ1) is 15.1. The Morgan fingerprint density at radius 1 is 0.968 bits per heavy atom. The molecule has 162 valence electrons. The molecule has 2 aromatic carbocycles. The van der Waals surface area contributed by atoms with Crippen LogP contribution in [0.15, 0.2) is 53.6 Å². The maximum Gasteiger partial charge on any atom is 0.253 e. The second kappa shape index (κ2) is 9.20. The van der Waals surface area contributed by atoms with Crippen LogP contribution in [-0.4, -0.2) is 60.8 Å². The number of ether oxygens (including phenoxy) is 2.